The molecule has 2 atom stereocenters. The van der Waals surface area contributed by atoms with E-state index >= 15 is 0 Å². The molecule has 0 fully saturated rings. The van der Waals surface area contributed by atoms with Gasteiger partial charge in [0.2, 0.25) is 0 Å². The number of benzene rings is 2. The number of esters is 2. The third kappa shape index (κ3) is 10.4. The summed E-state index contributed by atoms with van der Waals surface area (Å²) in [6.07, 6.45) is 4.04. The van der Waals surface area contributed by atoms with Crippen LogP contribution in [0.3, 0.4) is 0 Å². The molecule has 0 spiro atoms. The largest absolute Gasteiger partial charge is 0.426 e. The number of thioether (sulfide) groups is 1. The molecular formula is C28H38O6S. The Morgan fingerprint density at radius 2 is 1.11 bits per heavy atom. The van der Waals surface area contributed by atoms with Crippen LogP contribution in [-0.2, 0) is 19.1 Å². The predicted molar refractivity (Wildman–Crippen MR) is 140 cm³/mol. The van der Waals surface area contributed by atoms with Gasteiger partial charge < -0.3 is 18.9 Å². The van der Waals surface area contributed by atoms with Crippen molar-refractivity contribution in [2.24, 2.45) is 0 Å². The third-order valence-electron chi connectivity index (χ3n) is 5.19. The maximum absolute atomic E-state index is 11.8. The highest BCUT2D eigenvalue weighted by Gasteiger charge is 2.26. The molecule has 7 heteroatoms. The van der Waals surface area contributed by atoms with Crippen LogP contribution in [0.1, 0.15) is 75.0 Å². The monoisotopic (exact) mass is 502 g/mol. The van der Waals surface area contributed by atoms with Crippen molar-refractivity contribution in [1.29, 1.82) is 0 Å². The first-order valence-electron chi connectivity index (χ1n) is 12.3. The first kappa shape index (κ1) is 28.9. The lowest BCUT2D eigenvalue weighted by Gasteiger charge is -2.26. The average molecular weight is 503 g/mol. The molecule has 0 aliphatic heterocycles. The van der Waals surface area contributed by atoms with E-state index in [0.29, 0.717) is 37.9 Å². The van der Waals surface area contributed by atoms with Crippen molar-refractivity contribution in [1.82, 2.24) is 0 Å². The maximum atomic E-state index is 11.8. The molecule has 2 rings (SSSR count). The van der Waals surface area contributed by atoms with E-state index < -0.39 is 0 Å². The lowest BCUT2D eigenvalue weighted by Crippen LogP contribution is -2.15. The summed E-state index contributed by atoms with van der Waals surface area (Å²) in [5, 5.41) is -0.264. The summed E-state index contributed by atoms with van der Waals surface area (Å²) in [5.74, 6) is 0.312. The van der Waals surface area contributed by atoms with Gasteiger partial charge in [0.25, 0.3) is 0 Å². The van der Waals surface area contributed by atoms with Gasteiger partial charge >= 0.3 is 11.9 Å². The highest BCUT2D eigenvalue weighted by atomic mass is 32.2. The average Bonchev–Trinajstić information content (AvgIpc) is 2.83. The van der Waals surface area contributed by atoms with E-state index in [0.717, 1.165) is 36.8 Å². The molecule has 6 nitrogen and oxygen atoms in total. The number of carbonyl (C=O) groups excluding carboxylic acids is 2. The number of carbonyl (C=O) groups is 2. The van der Waals surface area contributed by atoms with Crippen LogP contribution in [0.2, 0.25) is 0 Å². The molecule has 0 saturated carbocycles. The lowest BCUT2D eigenvalue weighted by molar-refractivity contribution is -0.132. The van der Waals surface area contributed by atoms with Crippen molar-refractivity contribution in [3.63, 3.8) is 0 Å². The SMILES string of the molecule is CCCCOCC(SC(COCCCC)c1ccccc1OC(C)=O)c1ccccc1OC(C)=O. The van der Waals surface area contributed by atoms with Crippen molar-refractivity contribution in [2.75, 3.05) is 26.4 Å². The molecule has 0 amide bonds. The fraction of sp³-hybridized carbons (Fsp3) is 0.500. The van der Waals surface area contributed by atoms with Crippen LogP contribution in [0.5, 0.6) is 11.5 Å². The van der Waals surface area contributed by atoms with Gasteiger partial charge in [-0.1, -0.05) is 63.1 Å². The molecule has 0 saturated heterocycles. The van der Waals surface area contributed by atoms with Gasteiger partial charge in [-0.05, 0) is 25.0 Å². The number of hydrogen-bond acceptors (Lipinski definition) is 7. The Morgan fingerprint density at radius 3 is 1.49 bits per heavy atom. The Morgan fingerprint density at radius 1 is 0.714 bits per heavy atom. The zero-order valence-electron chi connectivity index (χ0n) is 21.3. The summed E-state index contributed by atoms with van der Waals surface area (Å²) in [7, 11) is 0. The molecular weight excluding hydrogens is 464 g/mol. The second-order valence-corrected chi connectivity index (χ2v) is 9.64. The van der Waals surface area contributed by atoms with E-state index in [9.17, 15) is 9.59 Å². The van der Waals surface area contributed by atoms with Gasteiger partial charge in [0.15, 0.2) is 0 Å². The van der Waals surface area contributed by atoms with Crippen LogP contribution >= 0.6 is 11.8 Å². The van der Waals surface area contributed by atoms with E-state index in [2.05, 4.69) is 13.8 Å². The van der Waals surface area contributed by atoms with Crippen LogP contribution in [0.15, 0.2) is 48.5 Å². The molecule has 0 aromatic heterocycles. The molecule has 0 heterocycles. The topological polar surface area (TPSA) is 71.1 Å². The Kier molecular flexibility index (Phi) is 13.5. The van der Waals surface area contributed by atoms with Crippen molar-refractivity contribution < 1.29 is 28.5 Å². The number of rotatable bonds is 16. The van der Waals surface area contributed by atoms with Gasteiger partial charge in [0.05, 0.1) is 23.7 Å². The minimum atomic E-state index is -0.368. The minimum Gasteiger partial charge on any atom is -0.426 e. The zero-order chi connectivity index (χ0) is 25.5. The van der Waals surface area contributed by atoms with Gasteiger partial charge in [0, 0.05) is 38.2 Å². The standard InChI is InChI=1S/C28H38O6S/c1-5-7-17-31-19-27(23-13-9-11-15-25(23)33-21(3)29)35-28(20-32-18-8-6-2)24-14-10-12-16-26(24)34-22(4)30/h9-16,27-28H,5-8,17-20H2,1-4H3. The van der Waals surface area contributed by atoms with Gasteiger partial charge in [-0.3, -0.25) is 9.59 Å². The summed E-state index contributed by atoms with van der Waals surface area (Å²) < 4.78 is 23.1. The fourth-order valence-corrected chi connectivity index (χ4v) is 4.89. The normalized spacial score (nSPS) is 12.7. The summed E-state index contributed by atoms with van der Waals surface area (Å²) >= 11 is 1.66. The highest BCUT2D eigenvalue weighted by Crippen LogP contribution is 2.46. The van der Waals surface area contributed by atoms with Crippen molar-refractivity contribution in [3.05, 3.63) is 59.7 Å². The Hall–Kier alpha value is -2.35. The number of para-hydroxylation sites is 2. The van der Waals surface area contributed by atoms with E-state index in [-0.39, 0.29) is 22.4 Å². The quantitative estimate of drug-likeness (QED) is 0.144. The van der Waals surface area contributed by atoms with Crippen LogP contribution in [0, 0.1) is 0 Å². The highest BCUT2D eigenvalue weighted by molar-refractivity contribution is 7.99. The molecule has 35 heavy (non-hydrogen) atoms. The van der Waals surface area contributed by atoms with Crippen molar-refractivity contribution in [3.8, 4) is 11.5 Å². The molecule has 0 N–H and O–H groups in total. The first-order chi connectivity index (χ1) is 17.0. The van der Waals surface area contributed by atoms with Crippen LogP contribution in [0.4, 0.5) is 0 Å². The molecule has 0 aliphatic rings. The molecule has 2 aromatic rings. The summed E-state index contributed by atoms with van der Waals surface area (Å²) in [6, 6.07) is 15.1. The summed E-state index contributed by atoms with van der Waals surface area (Å²) in [4.78, 5) is 23.5. The van der Waals surface area contributed by atoms with E-state index in [4.69, 9.17) is 18.9 Å². The molecule has 2 aromatic carbocycles. The molecule has 2 unspecified atom stereocenters. The molecule has 0 radical (unpaired) electrons. The summed E-state index contributed by atoms with van der Waals surface area (Å²) in [5.41, 5.74) is 1.76. The van der Waals surface area contributed by atoms with Crippen LogP contribution in [-0.4, -0.2) is 38.4 Å². The second kappa shape index (κ2) is 16.3. The van der Waals surface area contributed by atoms with E-state index in [1.54, 1.807) is 23.9 Å². The number of unbranched alkanes of at least 4 members (excludes halogenated alkanes) is 2. The first-order valence-corrected chi connectivity index (χ1v) is 13.3. The maximum Gasteiger partial charge on any atom is 0.308 e. The van der Waals surface area contributed by atoms with Gasteiger partial charge in [0.1, 0.15) is 11.5 Å². The zero-order valence-corrected chi connectivity index (χ0v) is 22.1. The lowest BCUT2D eigenvalue weighted by atomic mass is 10.1. The smallest absolute Gasteiger partial charge is 0.308 e. The van der Waals surface area contributed by atoms with Gasteiger partial charge in [-0.25, -0.2) is 0 Å². The Bertz CT molecular complexity index is 842. The van der Waals surface area contributed by atoms with Gasteiger partial charge in [-0.2, -0.15) is 0 Å². The van der Waals surface area contributed by atoms with Crippen LogP contribution in [0.25, 0.3) is 0 Å². The summed E-state index contributed by atoms with van der Waals surface area (Å²) in [6.45, 7) is 9.26. The molecule has 192 valence electrons. The number of hydrogen-bond donors (Lipinski definition) is 0. The molecule has 0 aliphatic carbocycles. The third-order valence-corrected chi connectivity index (χ3v) is 6.63. The number of ether oxygens (including phenoxy) is 4. The Labute approximate surface area is 213 Å². The Balaban J connectivity index is 2.39. The fourth-order valence-electron chi connectivity index (χ4n) is 3.47. The molecule has 0 bridgehead atoms. The van der Waals surface area contributed by atoms with E-state index in [1.165, 1.54) is 13.8 Å². The predicted octanol–water partition coefficient (Wildman–Crippen LogP) is 6.69. The van der Waals surface area contributed by atoms with E-state index in [1.807, 2.05) is 36.4 Å². The van der Waals surface area contributed by atoms with Crippen LogP contribution < -0.4 is 9.47 Å². The van der Waals surface area contributed by atoms with Crippen molar-refractivity contribution in [2.45, 2.75) is 63.9 Å². The van der Waals surface area contributed by atoms with Crippen molar-refractivity contribution >= 4 is 23.7 Å². The minimum absolute atomic E-state index is 0.132. The second-order valence-electron chi connectivity index (χ2n) is 8.23. The van der Waals surface area contributed by atoms with Gasteiger partial charge in [-0.15, -0.1) is 11.8 Å².